The fraction of sp³-hybridized carbons (Fsp3) is 0.125. The number of nitrogens with two attached hydrogens (primary N) is 1. The lowest BCUT2D eigenvalue weighted by molar-refractivity contribution is -0.139. The third-order valence-electron chi connectivity index (χ3n) is 1.56. The quantitative estimate of drug-likeness (QED) is 0.777. The SMILES string of the molecule is NS(=O)(=O)c1cc(F)ccc1OCC(=O)O. The Morgan fingerprint density at radius 3 is 2.62 bits per heavy atom. The van der Waals surface area contributed by atoms with Crippen molar-refractivity contribution in [3.8, 4) is 5.75 Å². The highest BCUT2D eigenvalue weighted by Crippen LogP contribution is 2.23. The molecule has 0 fully saturated rings. The van der Waals surface area contributed by atoms with Crippen LogP contribution in [0.15, 0.2) is 23.1 Å². The molecule has 1 aromatic carbocycles. The van der Waals surface area contributed by atoms with Crippen LogP contribution < -0.4 is 9.88 Å². The number of rotatable bonds is 4. The number of sulfonamides is 1. The lowest BCUT2D eigenvalue weighted by Crippen LogP contribution is -2.16. The summed E-state index contributed by atoms with van der Waals surface area (Å²) in [4.78, 5) is 9.63. The fourth-order valence-electron chi connectivity index (χ4n) is 0.963. The Bertz CT molecular complexity index is 513. The highest BCUT2D eigenvalue weighted by Gasteiger charge is 2.17. The van der Waals surface area contributed by atoms with Gasteiger partial charge in [0, 0.05) is 0 Å². The molecule has 6 nitrogen and oxygen atoms in total. The van der Waals surface area contributed by atoms with Crippen LogP contribution in [0, 0.1) is 5.82 Å². The largest absolute Gasteiger partial charge is 0.480 e. The van der Waals surface area contributed by atoms with E-state index >= 15 is 0 Å². The number of hydrogen-bond donors (Lipinski definition) is 2. The molecule has 0 aromatic heterocycles. The predicted molar refractivity (Wildman–Crippen MR) is 50.9 cm³/mol. The third-order valence-corrected chi connectivity index (χ3v) is 2.50. The smallest absolute Gasteiger partial charge is 0.341 e. The van der Waals surface area contributed by atoms with Crippen molar-refractivity contribution in [3.05, 3.63) is 24.0 Å². The molecule has 0 aliphatic rings. The van der Waals surface area contributed by atoms with Crippen molar-refractivity contribution in [2.24, 2.45) is 5.14 Å². The zero-order valence-electron chi connectivity index (χ0n) is 7.88. The summed E-state index contributed by atoms with van der Waals surface area (Å²) in [5, 5.41) is 13.2. The van der Waals surface area contributed by atoms with Crippen molar-refractivity contribution in [3.63, 3.8) is 0 Å². The van der Waals surface area contributed by atoms with Crippen LogP contribution in [0.3, 0.4) is 0 Å². The summed E-state index contributed by atoms with van der Waals surface area (Å²) in [6, 6.07) is 2.59. The molecule has 3 N–H and O–H groups in total. The Labute approximate surface area is 90.5 Å². The molecule has 8 heteroatoms. The highest BCUT2D eigenvalue weighted by atomic mass is 32.2. The van der Waals surface area contributed by atoms with Gasteiger partial charge in [0.05, 0.1) is 0 Å². The summed E-state index contributed by atoms with van der Waals surface area (Å²) in [6.45, 7) is -0.742. The van der Waals surface area contributed by atoms with E-state index in [9.17, 15) is 17.6 Å². The molecule has 0 radical (unpaired) electrons. The van der Waals surface area contributed by atoms with E-state index in [2.05, 4.69) is 4.74 Å². The Hall–Kier alpha value is -1.67. The van der Waals surface area contributed by atoms with Gasteiger partial charge in [-0.25, -0.2) is 22.7 Å². The number of carboxylic acids is 1. The summed E-state index contributed by atoms with van der Waals surface area (Å²) in [5.74, 6) is -2.40. The second-order valence-corrected chi connectivity index (χ2v) is 4.35. The molecular weight excluding hydrogens is 241 g/mol. The highest BCUT2D eigenvalue weighted by molar-refractivity contribution is 7.89. The Morgan fingerprint density at radius 2 is 2.12 bits per heavy atom. The molecule has 88 valence electrons. The molecule has 1 rings (SSSR count). The molecule has 0 aliphatic carbocycles. The van der Waals surface area contributed by atoms with Gasteiger partial charge < -0.3 is 9.84 Å². The van der Waals surface area contributed by atoms with Gasteiger partial charge in [-0.3, -0.25) is 0 Å². The molecule has 0 saturated carbocycles. The van der Waals surface area contributed by atoms with Crippen molar-refractivity contribution >= 4 is 16.0 Å². The standard InChI is InChI=1S/C8H8FNO5S/c9-5-1-2-6(15-4-8(11)12)7(3-5)16(10,13)14/h1-3H,4H2,(H,11,12)(H2,10,13,14). The number of ether oxygens (including phenoxy) is 1. The number of hydrogen-bond acceptors (Lipinski definition) is 4. The average Bonchev–Trinajstić information content (AvgIpc) is 2.14. The van der Waals surface area contributed by atoms with Gasteiger partial charge in [-0.1, -0.05) is 0 Å². The van der Waals surface area contributed by atoms with Gasteiger partial charge in [-0.2, -0.15) is 0 Å². The molecule has 0 heterocycles. The first kappa shape index (κ1) is 12.4. The van der Waals surface area contributed by atoms with Crippen molar-refractivity contribution < 1.29 is 27.4 Å². The Balaban J connectivity index is 3.13. The molecular formula is C8H8FNO5S. The van der Waals surface area contributed by atoms with Crippen molar-refractivity contribution in [1.29, 1.82) is 0 Å². The number of aliphatic carboxylic acids is 1. The number of benzene rings is 1. The predicted octanol–water partition coefficient (Wildman–Crippen LogP) is -0.0635. The van der Waals surface area contributed by atoms with Gasteiger partial charge in [0.15, 0.2) is 6.61 Å². The van der Waals surface area contributed by atoms with Crippen LogP contribution in [0.1, 0.15) is 0 Å². The maximum atomic E-state index is 12.8. The molecule has 0 atom stereocenters. The van der Waals surface area contributed by atoms with E-state index < -0.39 is 33.3 Å². The van der Waals surface area contributed by atoms with E-state index in [0.29, 0.717) is 6.07 Å². The molecule has 1 aromatic rings. The van der Waals surface area contributed by atoms with E-state index in [0.717, 1.165) is 12.1 Å². The van der Waals surface area contributed by atoms with E-state index in [1.165, 1.54) is 0 Å². The zero-order chi connectivity index (χ0) is 12.3. The number of carbonyl (C=O) groups is 1. The second-order valence-electron chi connectivity index (χ2n) is 2.82. The van der Waals surface area contributed by atoms with Crippen LogP contribution >= 0.6 is 0 Å². The maximum absolute atomic E-state index is 12.8. The van der Waals surface area contributed by atoms with Gasteiger partial charge in [-0.15, -0.1) is 0 Å². The number of carboxylic acid groups (broad SMARTS) is 1. The minimum atomic E-state index is -4.16. The molecule has 0 amide bonds. The van der Waals surface area contributed by atoms with Crippen molar-refractivity contribution in [2.75, 3.05) is 6.61 Å². The summed E-state index contributed by atoms with van der Waals surface area (Å²) in [7, 11) is -4.16. The fourth-order valence-corrected chi connectivity index (χ4v) is 1.65. The van der Waals surface area contributed by atoms with Crippen molar-refractivity contribution in [1.82, 2.24) is 0 Å². The third kappa shape index (κ3) is 3.17. The van der Waals surface area contributed by atoms with Crippen LogP contribution in [0.4, 0.5) is 4.39 Å². The number of primary sulfonamides is 1. The number of halogens is 1. The van der Waals surface area contributed by atoms with Crippen LogP contribution in [0.25, 0.3) is 0 Å². The Kier molecular flexibility index (Phi) is 3.45. The van der Waals surface area contributed by atoms with Gasteiger partial charge in [-0.05, 0) is 18.2 Å². The van der Waals surface area contributed by atoms with E-state index in [1.54, 1.807) is 0 Å². The van der Waals surface area contributed by atoms with Gasteiger partial charge in [0.25, 0.3) is 0 Å². The summed E-state index contributed by atoms with van der Waals surface area (Å²) < 4.78 is 39.5. The van der Waals surface area contributed by atoms with Crippen LogP contribution in [0.2, 0.25) is 0 Å². The van der Waals surface area contributed by atoms with Crippen LogP contribution in [-0.2, 0) is 14.8 Å². The molecule has 0 aliphatic heterocycles. The lowest BCUT2D eigenvalue weighted by Gasteiger charge is -2.07. The lowest BCUT2D eigenvalue weighted by atomic mass is 10.3. The summed E-state index contributed by atoms with van der Waals surface area (Å²) >= 11 is 0. The summed E-state index contributed by atoms with van der Waals surface area (Å²) in [6.07, 6.45) is 0. The van der Waals surface area contributed by atoms with Crippen LogP contribution in [0.5, 0.6) is 5.75 Å². The molecule has 0 saturated heterocycles. The molecule has 0 bridgehead atoms. The van der Waals surface area contributed by atoms with Crippen molar-refractivity contribution in [2.45, 2.75) is 4.90 Å². The second kappa shape index (κ2) is 4.45. The van der Waals surface area contributed by atoms with E-state index in [-0.39, 0.29) is 5.75 Å². The molecule has 0 unspecified atom stereocenters. The first-order chi connectivity index (χ1) is 7.30. The van der Waals surface area contributed by atoms with E-state index in [1.807, 2.05) is 0 Å². The van der Waals surface area contributed by atoms with E-state index in [4.69, 9.17) is 10.2 Å². The van der Waals surface area contributed by atoms with Gasteiger partial charge >= 0.3 is 5.97 Å². The zero-order valence-corrected chi connectivity index (χ0v) is 8.70. The minimum Gasteiger partial charge on any atom is -0.480 e. The monoisotopic (exact) mass is 249 g/mol. The Morgan fingerprint density at radius 1 is 1.50 bits per heavy atom. The first-order valence-corrected chi connectivity index (χ1v) is 5.52. The first-order valence-electron chi connectivity index (χ1n) is 3.97. The van der Waals surface area contributed by atoms with Gasteiger partial charge in [0.1, 0.15) is 16.5 Å². The molecule has 16 heavy (non-hydrogen) atoms. The van der Waals surface area contributed by atoms with Crippen LogP contribution in [-0.4, -0.2) is 26.1 Å². The average molecular weight is 249 g/mol. The topological polar surface area (TPSA) is 107 Å². The summed E-state index contributed by atoms with van der Waals surface area (Å²) in [5.41, 5.74) is 0. The normalized spacial score (nSPS) is 11.1. The van der Waals surface area contributed by atoms with Gasteiger partial charge in [0.2, 0.25) is 10.0 Å². The minimum absolute atomic E-state index is 0.300. The maximum Gasteiger partial charge on any atom is 0.341 e. The molecule has 0 spiro atoms.